The highest BCUT2D eigenvalue weighted by atomic mass is 14.9. The zero-order valence-corrected chi connectivity index (χ0v) is 13.3. The summed E-state index contributed by atoms with van der Waals surface area (Å²) in [5, 5.41) is 3.60. The van der Waals surface area contributed by atoms with Crippen molar-refractivity contribution in [2.24, 2.45) is 0 Å². The molecule has 0 amide bonds. The van der Waals surface area contributed by atoms with Crippen LogP contribution in [0.5, 0.6) is 0 Å². The lowest BCUT2D eigenvalue weighted by atomic mass is 9.96. The van der Waals surface area contributed by atoms with Crippen LogP contribution in [0.15, 0.2) is 48.8 Å². The molecule has 1 unspecified atom stereocenters. The molecule has 1 aromatic carbocycles. The summed E-state index contributed by atoms with van der Waals surface area (Å²) in [7, 11) is 0. The van der Waals surface area contributed by atoms with Gasteiger partial charge in [0.15, 0.2) is 0 Å². The van der Waals surface area contributed by atoms with Gasteiger partial charge in [-0.1, -0.05) is 45.0 Å². The zero-order chi connectivity index (χ0) is 15.1. The van der Waals surface area contributed by atoms with Gasteiger partial charge in [0, 0.05) is 18.4 Å². The molecular weight excluding hydrogens is 256 g/mol. The van der Waals surface area contributed by atoms with E-state index in [2.05, 4.69) is 67.5 Å². The third-order valence-corrected chi connectivity index (χ3v) is 3.93. The van der Waals surface area contributed by atoms with Gasteiger partial charge >= 0.3 is 0 Å². The normalized spacial score (nSPS) is 12.6. The Bertz CT molecular complexity index is 517. The molecule has 1 atom stereocenters. The fraction of sp³-hybridized carbons (Fsp3) is 0.421. The van der Waals surface area contributed by atoms with Crippen molar-refractivity contribution in [3.8, 4) is 0 Å². The third-order valence-electron chi connectivity index (χ3n) is 3.93. The molecular formula is C19H26N2. The topological polar surface area (TPSA) is 24.9 Å². The van der Waals surface area contributed by atoms with Gasteiger partial charge in [0.2, 0.25) is 0 Å². The largest absolute Gasteiger partial charge is 0.310 e. The van der Waals surface area contributed by atoms with Gasteiger partial charge < -0.3 is 5.32 Å². The van der Waals surface area contributed by atoms with Crippen molar-refractivity contribution >= 4 is 0 Å². The van der Waals surface area contributed by atoms with Crippen molar-refractivity contribution in [1.29, 1.82) is 0 Å². The van der Waals surface area contributed by atoms with Crippen molar-refractivity contribution in [3.63, 3.8) is 0 Å². The minimum absolute atomic E-state index is 0.421. The lowest BCUT2D eigenvalue weighted by Crippen LogP contribution is -2.21. The number of rotatable bonds is 7. The summed E-state index contributed by atoms with van der Waals surface area (Å²) in [6.07, 6.45) is 5.93. The molecule has 0 saturated heterocycles. The van der Waals surface area contributed by atoms with Gasteiger partial charge in [0.05, 0.1) is 0 Å². The third kappa shape index (κ3) is 4.68. The first kappa shape index (κ1) is 15.7. The molecule has 0 radical (unpaired) electrons. The van der Waals surface area contributed by atoms with E-state index in [1.807, 2.05) is 12.4 Å². The first-order valence-corrected chi connectivity index (χ1v) is 7.92. The van der Waals surface area contributed by atoms with Gasteiger partial charge in [0.25, 0.3) is 0 Å². The van der Waals surface area contributed by atoms with E-state index in [1.165, 1.54) is 16.7 Å². The number of pyridine rings is 1. The number of aromatic nitrogens is 1. The summed E-state index contributed by atoms with van der Waals surface area (Å²) >= 11 is 0. The predicted molar refractivity (Wildman–Crippen MR) is 89.5 cm³/mol. The quantitative estimate of drug-likeness (QED) is 0.809. The van der Waals surface area contributed by atoms with E-state index in [4.69, 9.17) is 0 Å². The van der Waals surface area contributed by atoms with Crippen LogP contribution in [0.3, 0.4) is 0 Å². The molecule has 2 aromatic rings. The van der Waals surface area contributed by atoms with Crippen LogP contribution in [0.4, 0.5) is 0 Å². The first-order chi connectivity index (χ1) is 10.2. The zero-order valence-electron chi connectivity index (χ0n) is 13.3. The van der Waals surface area contributed by atoms with Crippen molar-refractivity contribution in [2.45, 2.75) is 45.6 Å². The number of benzene rings is 1. The van der Waals surface area contributed by atoms with Crippen LogP contribution in [0.1, 0.15) is 55.8 Å². The first-order valence-electron chi connectivity index (χ1n) is 7.92. The standard InChI is InChI=1S/C19H26N2/c1-4-21-19(10-5-16-11-13-20-14-12-16)18-8-6-17(7-9-18)15(2)3/h6-9,11-15,19,21H,4-5,10H2,1-3H3. The summed E-state index contributed by atoms with van der Waals surface area (Å²) in [6.45, 7) is 7.63. The van der Waals surface area contributed by atoms with Gasteiger partial charge in [-0.05, 0) is 54.1 Å². The minimum atomic E-state index is 0.421. The SMILES string of the molecule is CCNC(CCc1ccncc1)c1ccc(C(C)C)cc1. The maximum absolute atomic E-state index is 4.08. The van der Waals surface area contributed by atoms with Gasteiger partial charge in [-0.15, -0.1) is 0 Å². The number of nitrogens with zero attached hydrogens (tertiary/aromatic N) is 1. The molecule has 1 N–H and O–H groups in total. The molecule has 1 aromatic heterocycles. The van der Waals surface area contributed by atoms with Crippen LogP contribution < -0.4 is 5.32 Å². The van der Waals surface area contributed by atoms with Crippen molar-refractivity contribution in [2.75, 3.05) is 6.54 Å². The highest BCUT2D eigenvalue weighted by Crippen LogP contribution is 2.22. The summed E-state index contributed by atoms with van der Waals surface area (Å²) in [4.78, 5) is 4.08. The number of hydrogen-bond donors (Lipinski definition) is 1. The Kier molecular flexibility index (Phi) is 5.94. The van der Waals surface area contributed by atoms with E-state index < -0.39 is 0 Å². The van der Waals surface area contributed by atoms with Crippen LogP contribution in [-0.2, 0) is 6.42 Å². The molecule has 2 rings (SSSR count). The Morgan fingerprint density at radius 2 is 1.57 bits per heavy atom. The van der Waals surface area contributed by atoms with Crippen molar-refractivity contribution < 1.29 is 0 Å². The highest BCUT2D eigenvalue weighted by molar-refractivity contribution is 5.27. The molecule has 0 saturated carbocycles. The molecule has 0 bridgehead atoms. The Morgan fingerprint density at radius 1 is 0.952 bits per heavy atom. The lowest BCUT2D eigenvalue weighted by molar-refractivity contribution is 0.515. The van der Waals surface area contributed by atoms with Crippen LogP contribution in [0, 0.1) is 0 Å². The molecule has 0 spiro atoms. The fourth-order valence-corrected chi connectivity index (χ4v) is 2.61. The number of aryl methyl sites for hydroxylation is 1. The average molecular weight is 282 g/mol. The number of nitrogens with one attached hydrogen (secondary N) is 1. The van der Waals surface area contributed by atoms with Crippen molar-refractivity contribution in [3.05, 3.63) is 65.5 Å². The summed E-state index contributed by atoms with van der Waals surface area (Å²) in [5.74, 6) is 0.591. The Morgan fingerprint density at radius 3 is 2.14 bits per heavy atom. The predicted octanol–water partition coefficient (Wildman–Crippen LogP) is 4.49. The minimum Gasteiger partial charge on any atom is -0.310 e. The van der Waals surface area contributed by atoms with Crippen molar-refractivity contribution in [1.82, 2.24) is 10.3 Å². The summed E-state index contributed by atoms with van der Waals surface area (Å²) in [6, 6.07) is 13.7. The van der Waals surface area contributed by atoms with E-state index in [9.17, 15) is 0 Å². The Hall–Kier alpha value is -1.67. The second-order valence-electron chi connectivity index (χ2n) is 5.83. The molecule has 0 aliphatic heterocycles. The smallest absolute Gasteiger partial charge is 0.0323 e. The van der Waals surface area contributed by atoms with Crippen LogP contribution in [0.25, 0.3) is 0 Å². The van der Waals surface area contributed by atoms with E-state index in [0.29, 0.717) is 12.0 Å². The fourth-order valence-electron chi connectivity index (χ4n) is 2.61. The monoisotopic (exact) mass is 282 g/mol. The molecule has 2 heteroatoms. The maximum atomic E-state index is 4.08. The van der Waals surface area contributed by atoms with Gasteiger partial charge in [0.1, 0.15) is 0 Å². The molecule has 2 nitrogen and oxygen atoms in total. The highest BCUT2D eigenvalue weighted by Gasteiger charge is 2.11. The van der Waals surface area contributed by atoms with Crippen LogP contribution >= 0.6 is 0 Å². The average Bonchev–Trinajstić information content (AvgIpc) is 2.52. The van der Waals surface area contributed by atoms with E-state index in [-0.39, 0.29) is 0 Å². The Balaban J connectivity index is 2.04. The number of hydrogen-bond acceptors (Lipinski definition) is 2. The molecule has 0 aliphatic rings. The van der Waals surface area contributed by atoms with E-state index >= 15 is 0 Å². The molecule has 1 heterocycles. The molecule has 112 valence electrons. The van der Waals surface area contributed by atoms with Gasteiger partial charge in [-0.2, -0.15) is 0 Å². The van der Waals surface area contributed by atoms with Gasteiger partial charge in [-0.3, -0.25) is 4.98 Å². The van der Waals surface area contributed by atoms with E-state index in [1.54, 1.807) is 0 Å². The van der Waals surface area contributed by atoms with Gasteiger partial charge in [-0.25, -0.2) is 0 Å². The van der Waals surface area contributed by atoms with Crippen LogP contribution in [-0.4, -0.2) is 11.5 Å². The van der Waals surface area contributed by atoms with Crippen LogP contribution in [0.2, 0.25) is 0 Å². The second-order valence-corrected chi connectivity index (χ2v) is 5.83. The molecule has 21 heavy (non-hydrogen) atoms. The molecule has 0 aliphatic carbocycles. The summed E-state index contributed by atoms with van der Waals surface area (Å²) < 4.78 is 0. The summed E-state index contributed by atoms with van der Waals surface area (Å²) in [5.41, 5.74) is 4.14. The second kappa shape index (κ2) is 7.94. The van der Waals surface area contributed by atoms with E-state index in [0.717, 1.165) is 19.4 Å². The Labute approximate surface area is 128 Å². The molecule has 0 fully saturated rings. The lowest BCUT2D eigenvalue weighted by Gasteiger charge is -2.19. The maximum Gasteiger partial charge on any atom is 0.0323 e.